The molecule has 0 fully saturated rings. The zero-order valence-corrected chi connectivity index (χ0v) is 12.7. The molecule has 0 saturated heterocycles. The molecule has 0 aliphatic heterocycles. The molecule has 0 radical (unpaired) electrons. The maximum atomic E-state index is 12.2. The van der Waals surface area contributed by atoms with Gasteiger partial charge < -0.3 is 25.3 Å². The van der Waals surface area contributed by atoms with Gasteiger partial charge in [0.15, 0.2) is 0 Å². The van der Waals surface area contributed by atoms with Crippen molar-refractivity contribution in [2.24, 2.45) is 0 Å². The van der Waals surface area contributed by atoms with Crippen LogP contribution in [0.1, 0.15) is 5.56 Å². The van der Waals surface area contributed by atoms with Crippen molar-refractivity contribution in [2.45, 2.75) is 6.92 Å². The van der Waals surface area contributed by atoms with Crippen LogP contribution in [0.5, 0.6) is 5.75 Å². The number of carbonyl (C=O) groups excluding carboxylic acids is 1. The highest BCUT2D eigenvalue weighted by Gasteiger charge is 2.10. The van der Waals surface area contributed by atoms with E-state index >= 15 is 0 Å². The number of nitrogens with one attached hydrogen (secondary N) is 4. The van der Waals surface area contributed by atoms with Gasteiger partial charge in [-0.15, -0.1) is 0 Å². The maximum Gasteiger partial charge on any atom is 0.323 e. The number of aromatic amines is 2. The standard InChI is InChI=1S/C16H16N4O3/c1-9-7-12-13(20-16(22)19-12)8-11(9)18-15(21)17-10-5-3-4-6-14(10)23-2/h3-8H,1-2H3,(H2,17,18,21)(H2,19,20,22). The molecule has 7 nitrogen and oxygen atoms in total. The molecule has 1 heterocycles. The third-order valence-corrected chi connectivity index (χ3v) is 3.46. The Bertz CT molecular complexity index is 926. The predicted octanol–water partition coefficient (Wildman–Crippen LogP) is 2.82. The topological polar surface area (TPSA) is 99.0 Å². The molecule has 2 amide bonds. The number of imidazole rings is 1. The minimum Gasteiger partial charge on any atom is -0.495 e. The van der Waals surface area contributed by atoms with Crippen LogP contribution >= 0.6 is 0 Å². The minimum atomic E-state index is -0.394. The second-order valence-electron chi connectivity index (χ2n) is 5.07. The Morgan fingerprint density at radius 3 is 2.43 bits per heavy atom. The number of aryl methyl sites for hydroxylation is 1. The molecule has 118 valence electrons. The van der Waals surface area contributed by atoms with Gasteiger partial charge in [0.25, 0.3) is 0 Å². The summed E-state index contributed by atoms with van der Waals surface area (Å²) in [5, 5.41) is 5.51. The van der Waals surface area contributed by atoms with Crippen molar-refractivity contribution in [3.63, 3.8) is 0 Å². The van der Waals surface area contributed by atoms with Crippen LogP contribution in [-0.2, 0) is 0 Å². The van der Waals surface area contributed by atoms with Gasteiger partial charge >= 0.3 is 11.7 Å². The Morgan fingerprint density at radius 1 is 1.04 bits per heavy atom. The van der Waals surface area contributed by atoms with Gasteiger partial charge in [0.1, 0.15) is 5.75 Å². The monoisotopic (exact) mass is 312 g/mol. The van der Waals surface area contributed by atoms with E-state index in [9.17, 15) is 9.59 Å². The lowest BCUT2D eigenvalue weighted by Crippen LogP contribution is -2.20. The first-order chi connectivity index (χ1) is 11.1. The lowest BCUT2D eigenvalue weighted by molar-refractivity contribution is 0.262. The third-order valence-electron chi connectivity index (χ3n) is 3.46. The average Bonchev–Trinajstić information content (AvgIpc) is 2.87. The number of hydrogen-bond donors (Lipinski definition) is 4. The highest BCUT2D eigenvalue weighted by Crippen LogP contribution is 2.24. The molecule has 7 heteroatoms. The van der Waals surface area contributed by atoms with E-state index in [0.29, 0.717) is 28.2 Å². The number of hydrogen-bond acceptors (Lipinski definition) is 3. The van der Waals surface area contributed by atoms with Crippen LogP contribution in [0.2, 0.25) is 0 Å². The van der Waals surface area contributed by atoms with Gasteiger partial charge in [-0.25, -0.2) is 9.59 Å². The van der Waals surface area contributed by atoms with Crippen LogP contribution < -0.4 is 21.1 Å². The summed E-state index contributed by atoms with van der Waals surface area (Å²) in [5.74, 6) is 0.574. The maximum absolute atomic E-state index is 12.2. The molecule has 0 atom stereocenters. The van der Waals surface area contributed by atoms with Crippen molar-refractivity contribution >= 4 is 28.4 Å². The quantitative estimate of drug-likeness (QED) is 0.598. The summed E-state index contributed by atoms with van der Waals surface area (Å²) in [6.07, 6.45) is 0. The summed E-state index contributed by atoms with van der Waals surface area (Å²) in [4.78, 5) is 28.8. The highest BCUT2D eigenvalue weighted by atomic mass is 16.5. The Hall–Kier alpha value is -3.22. The number of fused-ring (bicyclic) bond motifs is 1. The first-order valence-electron chi connectivity index (χ1n) is 7.00. The number of carbonyl (C=O) groups is 1. The van der Waals surface area contributed by atoms with Gasteiger partial charge in [0, 0.05) is 5.69 Å². The van der Waals surface area contributed by atoms with Crippen LogP contribution in [0.15, 0.2) is 41.2 Å². The lowest BCUT2D eigenvalue weighted by Gasteiger charge is -2.12. The van der Waals surface area contributed by atoms with Crippen LogP contribution in [-0.4, -0.2) is 23.1 Å². The first-order valence-corrected chi connectivity index (χ1v) is 7.00. The summed E-state index contributed by atoms with van der Waals surface area (Å²) in [5.41, 5.74) is 3.07. The fourth-order valence-electron chi connectivity index (χ4n) is 2.35. The molecule has 3 aromatic rings. The lowest BCUT2D eigenvalue weighted by atomic mass is 10.2. The molecule has 1 aromatic heterocycles. The van der Waals surface area contributed by atoms with E-state index in [1.807, 2.05) is 13.0 Å². The van der Waals surface area contributed by atoms with Crippen LogP contribution in [0.4, 0.5) is 16.2 Å². The number of benzene rings is 2. The molecule has 3 rings (SSSR count). The Morgan fingerprint density at radius 2 is 1.70 bits per heavy atom. The summed E-state index contributed by atoms with van der Waals surface area (Å²) < 4.78 is 5.19. The average molecular weight is 312 g/mol. The molecule has 0 aliphatic rings. The van der Waals surface area contributed by atoms with Crippen molar-refractivity contribution in [1.29, 1.82) is 0 Å². The fourth-order valence-corrected chi connectivity index (χ4v) is 2.35. The molecule has 4 N–H and O–H groups in total. The van der Waals surface area contributed by atoms with Gasteiger partial charge in [0.2, 0.25) is 0 Å². The third kappa shape index (κ3) is 3.03. The zero-order valence-electron chi connectivity index (χ0n) is 12.7. The minimum absolute atomic E-state index is 0.282. The number of H-pyrrole nitrogens is 2. The van der Waals surface area contributed by atoms with Gasteiger partial charge in [0.05, 0.1) is 23.8 Å². The van der Waals surface area contributed by atoms with E-state index in [1.54, 1.807) is 37.4 Å². The second-order valence-corrected chi connectivity index (χ2v) is 5.07. The molecule has 2 aromatic carbocycles. The number of urea groups is 1. The molecule has 0 bridgehead atoms. The van der Waals surface area contributed by atoms with E-state index in [0.717, 1.165) is 5.56 Å². The number of methoxy groups -OCH3 is 1. The van der Waals surface area contributed by atoms with Gasteiger partial charge in [-0.3, -0.25) is 0 Å². The molecule has 23 heavy (non-hydrogen) atoms. The number of para-hydroxylation sites is 2. The number of amides is 2. The Balaban J connectivity index is 1.82. The second kappa shape index (κ2) is 5.88. The number of anilines is 2. The SMILES string of the molecule is COc1ccccc1NC(=O)Nc1cc2[nH]c(=O)[nH]c2cc1C. The normalized spacial score (nSPS) is 10.5. The Kier molecular flexibility index (Phi) is 3.76. The summed E-state index contributed by atoms with van der Waals surface area (Å²) >= 11 is 0. The highest BCUT2D eigenvalue weighted by molar-refractivity contribution is 6.02. The van der Waals surface area contributed by atoms with Crippen molar-refractivity contribution in [3.8, 4) is 5.75 Å². The van der Waals surface area contributed by atoms with E-state index in [1.165, 1.54) is 0 Å². The van der Waals surface area contributed by atoms with Crippen molar-refractivity contribution in [2.75, 3.05) is 17.7 Å². The fraction of sp³-hybridized carbons (Fsp3) is 0.125. The number of aromatic nitrogens is 2. The van der Waals surface area contributed by atoms with Crippen molar-refractivity contribution < 1.29 is 9.53 Å². The van der Waals surface area contributed by atoms with E-state index < -0.39 is 6.03 Å². The molecule has 0 saturated carbocycles. The Labute approximate surface area is 131 Å². The molecule has 0 spiro atoms. The van der Waals surface area contributed by atoms with Crippen LogP contribution in [0.3, 0.4) is 0 Å². The largest absolute Gasteiger partial charge is 0.495 e. The van der Waals surface area contributed by atoms with Gasteiger partial charge in [-0.1, -0.05) is 12.1 Å². The smallest absolute Gasteiger partial charge is 0.323 e. The molecule has 0 aliphatic carbocycles. The van der Waals surface area contributed by atoms with Crippen molar-refractivity contribution in [3.05, 3.63) is 52.4 Å². The van der Waals surface area contributed by atoms with Crippen LogP contribution in [0.25, 0.3) is 11.0 Å². The van der Waals surface area contributed by atoms with Crippen LogP contribution in [0, 0.1) is 6.92 Å². The van der Waals surface area contributed by atoms with Gasteiger partial charge in [-0.05, 0) is 36.8 Å². The zero-order chi connectivity index (χ0) is 16.4. The molecular weight excluding hydrogens is 296 g/mol. The van der Waals surface area contributed by atoms with Gasteiger partial charge in [-0.2, -0.15) is 0 Å². The summed E-state index contributed by atoms with van der Waals surface area (Å²) in [6.45, 7) is 1.85. The first kappa shape index (κ1) is 14.7. The van der Waals surface area contributed by atoms with E-state index in [4.69, 9.17) is 4.74 Å². The van der Waals surface area contributed by atoms with E-state index in [2.05, 4.69) is 20.6 Å². The molecular formula is C16H16N4O3. The number of rotatable bonds is 3. The molecule has 0 unspecified atom stereocenters. The summed E-state index contributed by atoms with van der Waals surface area (Å²) in [6, 6.07) is 10.3. The summed E-state index contributed by atoms with van der Waals surface area (Å²) in [7, 11) is 1.54. The van der Waals surface area contributed by atoms with Crippen molar-refractivity contribution in [1.82, 2.24) is 9.97 Å². The number of ether oxygens (including phenoxy) is 1. The van der Waals surface area contributed by atoms with E-state index in [-0.39, 0.29) is 5.69 Å². The predicted molar refractivity (Wildman–Crippen MR) is 89.3 cm³/mol.